The van der Waals surface area contributed by atoms with Crippen molar-refractivity contribution in [3.05, 3.63) is 35.4 Å². The molecule has 1 aromatic carbocycles. The molecule has 0 fully saturated rings. The molecule has 1 aromatic rings. The molecule has 5 heteroatoms. The van der Waals surface area contributed by atoms with Gasteiger partial charge in [0.25, 0.3) is 11.8 Å². The average Bonchev–Trinajstić information content (AvgIpc) is 2.87. The van der Waals surface area contributed by atoms with E-state index in [4.69, 9.17) is 0 Å². The molecule has 0 saturated carbocycles. The lowest BCUT2D eigenvalue weighted by atomic mass is 10.1. The molecular formula is C20H28N2O3. The van der Waals surface area contributed by atoms with E-state index in [1.165, 1.54) is 4.90 Å². The molecule has 0 aromatic heterocycles. The molecule has 0 aliphatic carbocycles. The third kappa shape index (κ3) is 4.27. The Morgan fingerprint density at radius 1 is 1.08 bits per heavy atom. The Balaban J connectivity index is 1.90. The highest BCUT2D eigenvalue weighted by molar-refractivity contribution is 6.21. The minimum Gasteiger partial charge on any atom is -0.340 e. The number of imide groups is 1. The van der Waals surface area contributed by atoms with Crippen molar-refractivity contribution in [2.45, 2.75) is 58.9 Å². The minimum absolute atomic E-state index is 0.111. The van der Waals surface area contributed by atoms with Crippen LogP contribution in [0.4, 0.5) is 0 Å². The maximum Gasteiger partial charge on any atom is 0.261 e. The molecule has 0 spiro atoms. The normalized spacial score (nSPS) is 14.6. The molecule has 0 bridgehead atoms. The zero-order chi connectivity index (χ0) is 18.4. The summed E-state index contributed by atoms with van der Waals surface area (Å²) in [5.41, 5.74) is 0.922. The van der Waals surface area contributed by atoms with Crippen LogP contribution in [-0.4, -0.2) is 46.7 Å². The number of fused-ring (bicyclic) bond motifs is 1. The van der Waals surface area contributed by atoms with E-state index in [0.717, 1.165) is 25.8 Å². The molecule has 136 valence electrons. The second kappa shape index (κ2) is 8.79. The van der Waals surface area contributed by atoms with Crippen molar-refractivity contribution < 1.29 is 14.4 Å². The maximum absolute atomic E-state index is 12.5. The van der Waals surface area contributed by atoms with Gasteiger partial charge in [0.15, 0.2) is 0 Å². The zero-order valence-corrected chi connectivity index (χ0v) is 15.5. The van der Waals surface area contributed by atoms with E-state index in [9.17, 15) is 14.4 Å². The maximum atomic E-state index is 12.5. The first kappa shape index (κ1) is 19.2. The summed E-state index contributed by atoms with van der Waals surface area (Å²) < 4.78 is 0. The summed E-state index contributed by atoms with van der Waals surface area (Å²) in [6.07, 6.45) is 3.84. The first-order chi connectivity index (χ1) is 12.0. The van der Waals surface area contributed by atoms with Gasteiger partial charge in [-0.05, 0) is 38.3 Å². The van der Waals surface area contributed by atoms with Gasteiger partial charge in [0, 0.05) is 25.6 Å². The fourth-order valence-electron chi connectivity index (χ4n) is 3.11. The van der Waals surface area contributed by atoms with Crippen LogP contribution in [0.1, 0.15) is 73.6 Å². The van der Waals surface area contributed by atoms with Gasteiger partial charge in [-0.2, -0.15) is 0 Å². The van der Waals surface area contributed by atoms with E-state index in [1.807, 2.05) is 4.90 Å². The number of amides is 3. The van der Waals surface area contributed by atoms with Gasteiger partial charge in [-0.15, -0.1) is 0 Å². The van der Waals surface area contributed by atoms with Gasteiger partial charge in [0.2, 0.25) is 5.91 Å². The molecular weight excluding hydrogens is 316 g/mol. The zero-order valence-electron chi connectivity index (χ0n) is 15.5. The van der Waals surface area contributed by atoms with Crippen molar-refractivity contribution in [1.82, 2.24) is 9.80 Å². The van der Waals surface area contributed by atoms with Gasteiger partial charge in [-0.3, -0.25) is 19.3 Å². The summed E-state index contributed by atoms with van der Waals surface area (Å²) in [5.74, 6) is -0.393. The summed E-state index contributed by atoms with van der Waals surface area (Å²) in [6, 6.07) is 7.09. The fraction of sp³-hybridized carbons (Fsp3) is 0.550. The summed E-state index contributed by atoms with van der Waals surface area (Å²) in [6.45, 7) is 7.33. The SMILES string of the molecule is CCCCN(C(=O)CCCN1C(=O)c2ccccc2C1=O)C(C)CC. The lowest BCUT2D eigenvalue weighted by molar-refractivity contribution is -0.133. The van der Waals surface area contributed by atoms with E-state index in [2.05, 4.69) is 20.8 Å². The van der Waals surface area contributed by atoms with Gasteiger partial charge < -0.3 is 4.90 Å². The number of benzene rings is 1. The van der Waals surface area contributed by atoms with E-state index in [0.29, 0.717) is 30.5 Å². The predicted octanol–water partition coefficient (Wildman–Crippen LogP) is 3.49. The van der Waals surface area contributed by atoms with Crippen molar-refractivity contribution in [1.29, 1.82) is 0 Å². The van der Waals surface area contributed by atoms with Crippen molar-refractivity contribution >= 4 is 17.7 Å². The molecule has 2 rings (SSSR count). The van der Waals surface area contributed by atoms with E-state index < -0.39 is 0 Å². The van der Waals surface area contributed by atoms with Crippen LogP contribution in [0, 0.1) is 0 Å². The highest BCUT2D eigenvalue weighted by atomic mass is 16.2. The topological polar surface area (TPSA) is 57.7 Å². The highest BCUT2D eigenvalue weighted by Crippen LogP contribution is 2.22. The Bertz CT molecular complexity index is 607. The average molecular weight is 344 g/mol. The Morgan fingerprint density at radius 2 is 1.68 bits per heavy atom. The molecule has 5 nitrogen and oxygen atoms in total. The van der Waals surface area contributed by atoms with Crippen molar-refractivity contribution in [2.24, 2.45) is 0 Å². The Hall–Kier alpha value is -2.17. The lowest BCUT2D eigenvalue weighted by Gasteiger charge is -2.29. The fourth-order valence-corrected chi connectivity index (χ4v) is 3.11. The minimum atomic E-state index is -0.252. The van der Waals surface area contributed by atoms with Crippen LogP contribution >= 0.6 is 0 Å². The second-order valence-corrected chi connectivity index (χ2v) is 6.61. The number of carbonyl (C=O) groups excluding carboxylic acids is 3. The van der Waals surface area contributed by atoms with Crippen LogP contribution in [0.2, 0.25) is 0 Å². The van der Waals surface area contributed by atoms with Crippen molar-refractivity contribution in [3.8, 4) is 0 Å². The standard InChI is InChI=1S/C20H28N2O3/c1-4-6-13-21(15(3)5-2)18(23)12-9-14-22-19(24)16-10-7-8-11-17(16)20(22)25/h7-8,10-11,15H,4-6,9,12-14H2,1-3H3. The van der Waals surface area contributed by atoms with Gasteiger partial charge >= 0.3 is 0 Å². The molecule has 0 N–H and O–H groups in total. The molecule has 1 atom stereocenters. The summed E-state index contributed by atoms with van der Waals surface area (Å²) >= 11 is 0. The number of hydrogen-bond donors (Lipinski definition) is 0. The van der Waals surface area contributed by atoms with Crippen LogP contribution < -0.4 is 0 Å². The van der Waals surface area contributed by atoms with Gasteiger partial charge in [-0.1, -0.05) is 32.4 Å². The molecule has 1 aliphatic rings. The van der Waals surface area contributed by atoms with E-state index >= 15 is 0 Å². The first-order valence-corrected chi connectivity index (χ1v) is 9.25. The highest BCUT2D eigenvalue weighted by Gasteiger charge is 2.34. The van der Waals surface area contributed by atoms with Crippen LogP contribution in [0.5, 0.6) is 0 Å². The number of carbonyl (C=O) groups is 3. The van der Waals surface area contributed by atoms with Crippen molar-refractivity contribution in [3.63, 3.8) is 0 Å². The largest absolute Gasteiger partial charge is 0.340 e. The molecule has 1 heterocycles. The predicted molar refractivity (Wildman–Crippen MR) is 97.4 cm³/mol. The molecule has 0 radical (unpaired) electrons. The van der Waals surface area contributed by atoms with Crippen LogP contribution in [0.15, 0.2) is 24.3 Å². The molecule has 25 heavy (non-hydrogen) atoms. The Kier molecular flexibility index (Phi) is 6.73. The summed E-state index contributed by atoms with van der Waals surface area (Å²) in [4.78, 5) is 40.4. The number of hydrogen-bond acceptors (Lipinski definition) is 3. The summed E-state index contributed by atoms with van der Waals surface area (Å²) in [5, 5.41) is 0. The van der Waals surface area contributed by atoms with Gasteiger partial charge in [-0.25, -0.2) is 0 Å². The number of nitrogens with zero attached hydrogens (tertiary/aromatic N) is 2. The first-order valence-electron chi connectivity index (χ1n) is 9.25. The molecule has 3 amide bonds. The third-order valence-electron chi connectivity index (χ3n) is 4.85. The third-order valence-corrected chi connectivity index (χ3v) is 4.85. The van der Waals surface area contributed by atoms with E-state index in [1.54, 1.807) is 24.3 Å². The van der Waals surface area contributed by atoms with Crippen LogP contribution in [-0.2, 0) is 4.79 Å². The Labute approximate surface area is 150 Å². The van der Waals surface area contributed by atoms with Gasteiger partial charge in [0.05, 0.1) is 11.1 Å². The molecule has 0 saturated heterocycles. The second-order valence-electron chi connectivity index (χ2n) is 6.61. The molecule has 1 unspecified atom stereocenters. The molecule has 1 aliphatic heterocycles. The number of unbranched alkanes of at least 4 members (excludes halogenated alkanes) is 1. The number of rotatable bonds is 9. The quantitative estimate of drug-likeness (QED) is 0.644. The monoisotopic (exact) mass is 344 g/mol. The summed E-state index contributed by atoms with van der Waals surface area (Å²) in [7, 11) is 0. The van der Waals surface area contributed by atoms with Crippen LogP contribution in [0.25, 0.3) is 0 Å². The Morgan fingerprint density at radius 3 is 2.20 bits per heavy atom. The van der Waals surface area contributed by atoms with Crippen molar-refractivity contribution in [2.75, 3.05) is 13.1 Å². The van der Waals surface area contributed by atoms with Gasteiger partial charge in [0.1, 0.15) is 0 Å². The lowest BCUT2D eigenvalue weighted by Crippen LogP contribution is -2.39. The smallest absolute Gasteiger partial charge is 0.261 e. The van der Waals surface area contributed by atoms with Crippen LogP contribution in [0.3, 0.4) is 0 Å². The van der Waals surface area contributed by atoms with E-state index in [-0.39, 0.29) is 23.8 Å².